The summed E-state index contributed by atoms with van der Waals surface area (Å²) >= 11 is 12.3. The van der Waals surface area contributed by atoms with E-state index in [4.69, 9.17) is 27.9 Å². The Labute approximate surface area is 194 Å². The molecule has 0 spiro atoms. The number of rotatable bonds is 4. The smallest absolute Gasteiger partial charge is 0.336 e. The first-order chi connectivity index (χ1) is 15.3. The van der Waals surface area contributed by atoms with E-state index < -0.39 is 17.8 Å². The van der Waals surface area contributed by atoms with Crippen molar-refractivity contribution >= 4 is 63.6 Å². The third-order valence-electron chi connectivity index (χ3n) is 4.86. The highest BCUT2D eigenvalue weighted by Gasteiger charge is 2.38. The summed E-state index contributed by atoms with van der Waals surface area (Å²) in [5.74, 6) is -1.11. The Morgan fingerprint density at radius 3 is 2.47 bits per heavy atom. The van der Waals surface area contributed by atoms with Crippen LogP contribution in [0, 0.1) is 0 Å². The number of halogens is 2. The zero-order valence-electron chi connectivity index (χ0n) is 17.2. The molecule has 0 unspecified atom stereocenters. The maximum absolute atomic E-state index is 13.3. The van der Waals surface area contributed by atoms with Crippen LogP contribution in [0.2, 0.25) is 10.0 Å². The second kappa shape index (κ2) is 8.65. The van der Waals surface area contributed by atoms with Crippen molar-refractivity contribution in [3.8, 4) is 5.75 Å². The largest absolute Gasteiger partial charge is 0.490 e. The van der Waals surface area contributed by atoms with Crippen LogP contribution in [0.1, 0.15) is 19.4 Å². The van der Waals surface area contributed by atoms with E-state index in [-0.39, 0.29) is 27.4 Å². The number of hydrogen-bond donors (Lipinski definition) is 1. The molecule has 4 rings (SSSR count). The minimum atomic E-state index is -0.905. The highest BCUT2D eigenvalue weighted by Crippen LogP contribution is 2.36. The Balaban J connectivity index is 1.89. The second-order valence-corrected chi connectivity index (χ2v) is 8.18. The predicted octanol–water partition coefficient (Wildman–Crippen LogP) is 5.60. The average molecular weight is 469 g/mol. The number of nitrogens with one attached hydrogen (secondary N) is 1. The van der Waals surface area contributed by atoms with E-state index in [2.05, 4.69) is 5.32 Å². The van der Waals surface area contributed by atoms with Gasteiger partial charge in [-0.05, 0) is 48.9 Å². The fourth-order valence-electron chi connectivity index (χ4n) is 3.47. The van der Waals surface area contributed by atoms with Gasteiger partial charge in [0.25, 0.3) is 11.8 Å². The zero-order valence-corrected chi connectivity index (χ0v) is 18.7. The van der Waals surface area contributed by atoms with Gasteiger partial charge in [-0.25, -0.2) is 9.69 Å². The Kier molecular flexibility index (Phi) is 5.91. The fraction of sp³-hybridized carbons (Fsp3) is 0.125. The Morgan fingerprint density at radius 1 is 0.969 bits per heavy atom. The second-order valence-electron chi connectivity index (χ2n) is 7.40. The highest BCUT2D eigenvalue weighted by atomic mass is 35.5. The van der Waals surface area contributed by atoms with Crippen LogP contribution < -0.4 is 15.0 Å². The molecule has 3 aromatic rings. The highest BCUT2D eigenvalue weighted by molar-refractivity contribution is 6.46. The number of imide groups is 2. The molecule has 162 valence electrons. The molecule has 1 fully saturated rings. The molecular weight excluding hydrogens is 451 g/mol. The van der Waals surface area contributed by atoms with Gasteiger partial charge in [0.15, 0.2) is 0 Å². The van der Waals surface area contributed by atoms with Crippen LogP contribution in [0.15, 0.2) is 60.2 Å². The van der Waals surface area contributed by atoms with Gasteiger partial charge in [-0.15, -0.1) is 0 Å². The molecule has 0 bridgehead atoms. The molecule has 0 aromatic heterocycles. The molecular formula is C24H18Cl2N2O4. The van der Waals surface area contributed by atoms with Crippen molar-refractivity contribution in [2.75, 3.05) is 4.90 Å². The Hall–Kier alpha value is -3.35. The van der Waals surface area contributed by atoms with E-state index in [1.165, 1.54) is 18.2 Å². The van der Waals surface area contributed by atoms with Gasteiger partial charge >= 0.3 is 6.03 Å². The first-order valence-electron chi connectivity index (χ1n) is 9.82. The van der Waals surface area contributed by atoms with Gasteiger partial charge in [0.2, 0.25) is 0 Å². The van der Waals surface area contributed by atoms with Gasteiger partial charge in [-0.2, -0.15) is 0 Å². The first kappa shape index (κ1) is 21.9. The van der Waals surface area contributed by atoms with Crippen molar-refractivity contribution < 1.29 is 19.1 Å². The number of amides is 4. The van der Waals surface area contributed by atoms with Crippen LogP contribution in [0.3, 0.4) is 0 Å². The molecule has 32 heavy (non-hydrogen) atoms. The van der Waals surface area contributed by atoms with Crippen LogP contribution in [-0.2, 0) is 9.59 Å². The van der Waals surface area contributed by atoms with E-state index in [0.717, 1.165) is 15.7 Å². The summed E-state index contributed by atoms with van der Waals surface area (Å²) in [6.45, 7) is 3.76. The third kappa shape index (κ3) is 3.95. The SMILES string of the molecule is CC(C)Oc1ccc2ccccc2c1/C=C1\C(=O)NC(=O)N(c2cccc(Cl)c2Cl)C1=O. The lowest BCUT2D eigenvalue weighted by molar-refractivity contribution is -0.122. The molecule has 0 atom stereocenters. The van der Waals surface area contributed by atoms with Gasteiger partial charge in [0.05, 0.1) is 21.8 Å². The minimum absolute atomic E-state index is 0.0281. The summed E-state index contributed by atoms with van der Waals surface area (Å²) < 4.78 is 5.93. The van der Waals surface area contributed by atoms with Crippen molar-refractivity contribution in [1.29, 1.82) is 0 Å². The summed E-state index contributed by atoms with van der Waals surface area (Å²) in [5.41, 5.74) is 0.407. The molecule has 1 N–H and O–H groups in total. The molecule has 0 aliphatic carbocycles. The lowest BCUT2D eigenvalue weighted by Gasteiger charge is -2.27. The van der Waals surface area contributed by atoms with Gasteiger partial charge in [0, 0.05) is 5.56 Å². The molecule has 4 amide bonds. The zero-order chi connectivity index (χ0) is 23.0. The maximum Gasteiger partial charge on any atom is 0.336 e. The summed E-state index contributed by atoms with van der Waals surface area (Å²) in [5, 5.41) is 4.10. The van der Waals surface area contributed by atoms with Crippen molar-refractivity contribution in [2.45, 2.75) is 20.0 Å². The summed E-state index contributed by atoms with van der Waals surface area (Å²) in [4.78, 5) is 39.3. The van der Waals surface area contributed by atoms with Crippen molar-refractivity contribution in [1.82, 2.24) is 5.32 Å². The molecule has 8 heteroatoms. The van der Waals surface area contributed by atoms with Crippen molar-refractivity contribution in [3.05, 3.63) is 75.8 Å². The number of hydrogen-bond acceptors (Lipinski definition) is 4. The molecule has 1 aliphatic rings. The Morgan fingerprint density at radius 2 is 1.72 bits per heavy atom. The number of fused-ring (bicyclic) bond motifs is 1. The number of nitrogens with zero attached hydrogens (tertiary/aromatic N) is 1. The van der Waals surface area contributed by atoms with E-state index in [0.29, 0.717) is 11.3 Å². The van der Waals surface area contributed by atoms with Crippen LogP contribution >= 0.6 is 23.2 Å². The number of barbiturate groups is 1. The van der Waals surface area contributed by atoms with Crippen LogP contribution in [-0.4, -0.2) is 23.9 Å². The third-order valence-corrected chi connectivity index (χ3v) is 5.66. The van der Waals surface area contributed by atoms with Gasteiger partial charge in [-0.1, -0.05) is 59.6 Å². The lowest BCUT2D eigenvalue weighted by atomic mass is 9.99. The standard InChI is InChI=1S/C24H18Cl2N2O4/c1-13(2)32-20-11-10-14-6-3-4-7-15(14)16(20)12-17-22(29)27-24(31)28(23(17)30)19-9-5-8-18(25)21(19)26/h3-13H,1-2H3,(H,27,29,31)/b17-12+. The average Bonchev–Trinajstić information content (AvgIpc) is 2.74. The normalized spacial score (nSPS) is 15.6. The van der Waals surface area contributed by atoms with E-state index in [1.807, 2.05) is 44.2 Å². The molecule has 6 nitrogen and oxygen atoms in total. The van der Waals surface area contributed by atoms with Crippen LogP contribution in [0.25, 0.3) is 16.8 Å². The van der Waals surface area contributed by atoms with Gasteiger partial charge < -0.3 is 4.74 Å². The lowest BCUT2D eigenvalue weighted by Crippen LogP contribution is -2.54. The van der Waals surface area contributed by atoms with Gasteiger partial charge in [0.1, 0.15) is 11.3 Å². The summed E-state index contributed by atoms with van der Waals surface area (Å²) in [6.07, 6.45) is 1.31. The topological polar surface area (TPSA) is 75.7 Å². The van der Waals surface area contributed by atoms with Crippen molar-refractivity contribution in [2.24, 2.45) is 0 Å². The van der Waals surface area contributed by atoms with Crippen LogP contribution in [0.5, 0.6) is 5.75 Å². The number of ether oxygens (including phenoxy) is 1. The summed E-state index contributed by atoms with van der Waals surface area (Å²) in [6, 6.07) is 14.9. The van der Waals surface area contributed by atoms with Crippen molar-refractivity contribution in [3.63, 3.8) is 0 Å². The molecule has 1 heterocycles. The quantitative estimate of drug-likeness (QED) is 0.399. The number of carbonyl (C=O) groups is 3. The van der Waals surface area contributed by atoms with E-state index in [9.17, 15) is 14.4 Å². The monoisotopic (exact) mass is 468 g/mol. The number of benzene rings is 3. The number of anilines is 1. The van der Waals surface area contributed by atoms with E-state index >= 15 is 0 Å². The predicted molar refractivity (Wildman–Crippen MR) is 125 cm³/mol. The molecule has 1 aliphatic heterocycles. The van der Waals surface area contributed by atoms with E-state index in [1.54, 1.807) is 12.1 Å². The minimum Gasteiger partial charge on any atom is -0.490 e. The first-order valence-corrected chi connectivity index (χ1v) is 10.6. The Bertz CT molecular complexity index is 1300. The molecule has 1 saturated heterocycles. The van der Waals surface area contributed by atoms with Crippen LogP contribution in [0.4, 0.5) is 10.5 Å². The molecule has 0 saturated carbocycles. The number of urea groups is 1. The molecule has 3 aromatic carbocycles. The summed E-state index contributed by atoms with van der Waals surface area (Å²) in [7, 11) is 0. The molecule has 0 radical (unpaired) electrons. The fourth-order valence-corrected chi connectivity index (χ4v) is 3.85. The number of carbonyl (C=O) groups excluding carboxylic acids is 3. The van der Waals surface area contributed by atoms with Gasteiger partial charge in [-0.3, -0.25) is 14.9 Å². The maximum atomic E-state index is 13.3.